The first-order valence-corrected chi connectivity index (χ1v) is 10.8. The minimum absolute atomic E-state index is 0.342. The molecule has 158 valence electrons. The molecule has 0 fully saturated rings. The average molecular weight is 434 g/mol. The number of benzene rings is 1. The first-order valence-electron chi connectivity index (χ1n) is 9.99. The number of amides is 1. The summed E-state index contributed by atoms with van der Waals surface area (Å²) < 4.78 is 7.37. The molecule has 0 saturated heterocycles. The van der Waals surface area contributed by atoms with Crippen molar-refractivity contribution in [2.24, 2.45) is 0 Å². The number of carbonyl (C=O) groups excluding carboxylic acids is 1. The lowest BCUT2D eigenvalue weighted by Crippen LogP contribution is -2.26. The molecule has 4 aromatic rings. The second-order valence-corrected chi connectivity index (χ2v) is 8.19. The van der Waals surface area contributed by atoms with Gasteiger partial charge in [-0.2, -0.15) is 5.10 Å². The molecule has 3 heterocycles. The highest BCUT2D eigenvalue weighted by molar-refractivity contribution is 7.17. The third kappa shape index (κ3) is 5.35. The second-order valence-electron chi connectivity index (χ2n) is 7.23. The van der Waals surface area contributed by atoms with Gasteiger partial charge in [-0.3, -0.25) is 9.67 Å². The molecule has 3 aromatic heterocycles. The standard InChI is InChI=1S/C23H23N5O2S/c1-16(19-8-4-3-5-9-19)15-28-12-10-20(27-28)21-26-17(2)22(31-21)30-23(29)25-14-18-7-6-11-24-13-18/h3-13,16H,14-15H2,1-2H3,(H,25,29)/t16-/m1/s1. The predicted octanol–water partition coefficient (Wildman–Crippen LogP) is 4.80. The Balaban J connectivity index is 1.38. The number of aryl methyl sites for hydroxylation is 1. The molecular weight excluding hydrogens is 410 g/mol. The summed E-state index contributed by atoms with van der Waals surface area (Å²) in [6.45, 7) is 5.12. The Labute approximate surface area is 184 Å². The molecule has 1 amide bonds. The number of hydrogen-bond acceptors (Lipinski definition) is 6. The van der Waals surface area contributed by atoms with Crippen LogP contribution in [0.5, 0.6) is 5.06 Å². The number of nitrogens with zero attached hydrogens (tertiary/aromatic N) is 4. The van der Waals surface area contributed by atoms with Gasteiger partial charge in [0.05, 0.1) is 5.69 Å². The topological polar surface area (TPSA) is 81.9 Å². The quantitative estimate of drug-likeness (QED) is 0.453. The van der Waals surface area contributed by atoms with Gasteiger partial charge in [0.25, 0.3) is 0 Å². The molecular formula is C23H23N5O2S. The van der Waals surface area contributed by atoms with E-state index in [-0.39, 0.29) is 0 Å². The van der Waals surface area contributed by atoms with Crippen LogP contribution in [0, 0.1) is 6.92 Å². The van der Waals surface area contributed by atoms with E-state index in [4.69, 9.17) is 4.74 Å². The van der Waals surface area contributed by atoms with Crippen molar-refractivity contribution in [2.45, 2.75) is 32.9 Å². The summed E-state index contributed by atoms with van der Waals surface area (Å²) in [6, 6.07) is 16.0. The van der Waals surface area contributed by atoms with Crippen LogP contribution in [0.25, 0.3) is 10.7 Å². The van der Waals surface area contributed by atoms with Gasteiger partial charge in [0.15, 0.2) is 0 Å². The predicted molar refractivity (Wildman–Crippen MR) is 120 cm³/mol. The monoisotopic (exact) mass is 433 g/mol. The van der Waals surface area contributed by atoms with E-state index in [1.165, 1.54) is 16.9 Å². The molecule has 7 nitrogen and oxygen atoms in total. The van der Waals surface area contributed by atoms with E-state index in [0.29, 0.717) is 23.2 Å². The number of nitrogens with one attached hydrogen (secondary N) is 1. The van der Waals surface area contributed by atoms with Crippen LogP contribution in [0.2, 0.25) is 0 Å². The number of thiazole rings is 1. The van der Waals surface area contributed by atoms with E-state index in [1.54, 1.807) is 12.4 Å². The van der Waals surface area contributed by atoms with Crippen molar-refractivity contribution < 1.29 is 9.53 Å². The number of hydrogen-bond donors (Lipinski definition) is 1. The molecule has 31 heavy (non-hydrogen) atoms. The minimum Gasteiger partial charge on any atom is -0.397 e. The van der Waals surface area contributed by atoms with Crippen molar-refractivity contribution in [2.75, 3.05) is 0 Å². The Morgan fingerprint density at radius 2 is 2.03 bits per heavy atom. The van der Waals surface area contributed by atoms with Crippen LogP contribution in [-0.2, 0) is 13.1 Å². The van der Waals surface area contributed by atoms with Gasteiger partial charge in [-0.15, -0.1) is 0 Å². The lowest BCUT2D eigenvalue weighted by molar-refractivity contribution is 0.201. The molecule has 1 N–H and O–H groups in total. The Hall–Kier alpha value is -3.52. The van der Waals surface area contributed by atoms with Crippen LogP contribution in [-0.4, -0.2) is 25.8 Å². The zero-order valence-corrected chi connectivity index (χ0v) is 18.2. The fourth-order valence-corrected chi connectivity index (χ4v) is 4.01. The first-order chi connectivity index (χ1) is 15.1. The van der Waals surface area contributed by atoms with E-state index in [9.17, 15) is 4.79 Å². The van der Waals surface area contributed by atoms with Gasteiger partial charge in [-0.25, -0.2) is 9.78 Å². The summed E-state index contributed by atoms with van der Waals surface area (Å²) in [5.41, 5.74) is 3.59. The van der Waals surface area contributed by atoms with E-state index in [0.717, 1.165) is 22.8 Å². The fourth-order valence-electron chi connectivity index (χ4n) is 3.13. The highest BCUT2D eigenvalue weighted by Crippen LogP contribution is 2.33. The summed E-state index contributed by atoms with van der Waals surface area (Å²) in [5.74, 6) is 0.342. The molecule has 0 aliphatic carbocycles. The van der Waals surface area contributed by atoms with Crippen LogP contribution in [0.15, 0.2) is 67.1 Å². The highest BCUT2D eigenvalue weighted by Gasteiger charge is 2.16. The van der Waals surface area contributed by atoms with Crippen molar-refractivity contribution in [3.63, 3.8) is 0 Å². The van der Waals surface area contributed by atoms with Gasteiger partial charge in [0.2, 0.25) is 5.06 Å². The number of carbonyl (C=O) groups is 1. The maximum atomic E-state index is 12.1. The Morgan fingerprint density at radius 1 is 1.19 bits per heavy atom. The zero-order valence-electron chi connectivity index (χ0n) is 17.4. The van der Waals surface area contributed by atoms with Crippen LogP contribution >= 0.6 is 11.3 Å². The maximum Gasteiger partial charge on any atom is 0.413 e. The number of rotatable bonds is 7. The third-order valence-corrected chi connectivity index (χ3v) is 5.85. The molecule has 0 radical (unpaired) electrons. The van der Waals surface area contributed by atoms with Crippen molar-refractivity contribution >= 4 is 17.4 Å². The van der Waals surface area contributed by atoms with E-state index < -0.39 is 6.09 Å². The molecule has 4 rings (SSSR count). The molecule has 0 bridgehead atoms. The summed E-state index contributed by atoms with van der Waals surface area (Å²) in [4.78, 5) is 20.7. The number of ether oxygens (including phenoxy) is 1. The average Bonchev–Trinajstić information content (AvgIpc) is 3.40. The van der Waals surface area contributed by atoms with Crippen molar-refractivity contribution in [1.82, 2.24) is 25.1 Å². The number of aromatic nitrogens is 4. The van der Waals surface area contributed by atoms with Crippen LogP contribution in [0.4, 0.5) is 4.79 Å². The third-order valence-electron chi connectivity index (χ3n) is 4.79. The van der Waals surface area contributed by atoms with E-state index in [1.807, 2.05) is 54.2 Å². The van der Waals surface area contributed by atoms with E-state index in [2.05, 4.69) is 39.4 Å². The molecule has 0 saturated carbocycles. The normalized spacial score (nSPS) is 11.8. The molecule has 8 heteroatoms. The van der Waals surface area contributed by atoms with Gasteiger partial charge >= 0.3 is 6.09 Å². The van der Waals surface area contributed by atoms with Gasteiger partial charge in [0.1, 0.15) is 10.7 Å². The Morgan fingerprint density at radius 3 is 2.81 bits per heavy atom. The van der Waals surface area contributed by atoms with Gasteiger partial charge in [0, 0.05) is 37.6 Å². The van der Waals surface area contributed by atoms with Crippen molar-refractivity contribution in [3.8, 4) is 15.8 Å². The smallest absolute Gasteiger partial charge is 0.397 e. The van der Waals surface area contributed by atoms with Gasteiger partial charge in [-0.05, 0) is 30.2 Å². The van der Waals surface area contributed by atoms with Crippen LogP contribution in [0.1, 0.15) is 29.7 Å². The molecule has 1 aromatic carbocycles. The molecule has 0 spiro atoms. The van der Waals surface area contributed by atoms with Crippen molar-refractivity contribution in [1.29, 1.82) is 0 Å². The first kappa shape index (κ1) is 20.7. The summed E-state index contributed by atoms with van der Waals surface area (Å²) in [5, 5.41) is 8.56. The van der Waals surface area contributed by atoms with Crippen LogP contribution < -0.4 is 10.1 Å². The molecule has 0 unspecified atom stereocenters. The minimum atomic E-state index is -0.524. The highest BCUT2D eigenvalue weighted by atomic mass is 32.1. The summed E-state index contributed by atoms with van der Waals surface area (Å²) >= 11 is 1.31. The van der Waals surface area contributed by atoms with Gasteiger partial charge in [-0.1, -0.05) is 54.7 Å². The fraction of sp³-hybridized carbons (Fsp3) is 0.217. The molecule has 0 aliphatic rings. The zero-order chi connectivity index (χ0) is 21.6. The maximum absolute atomic E-state index is 12.1. The molecule has 1 atom stereocenters. The Kier molecular flexibility index (Phi) is 6.37. The summed E-state index contributed by atoms with van der Waals surface area (Å²) in [6.07, 6.45) is 4.82. The Bertz CT molecular complexity index is 1140. The van der Waals surface area contributed by atoms with Crippen LogP contribution in [0.3, 0.4) is 0 Å². The van der Waals surface area contributed by atoms with E-state index >= 15 is 0 Å². The largest absolute Gasteiger partial charge is 0.413 e. The lowest BCUT2D eigenvalue weighted by atomic mass is 10.0. The number of pyridine rings is 1. The second kappa shape index (κ2) is 9.53. The summed E-state index contributed by atoms with van der Waals surface area (Å²) in [7, 11) is 0. The van der Waals surface area contributed by atoms with Gasteiger partial charge < -0.3 is 10.1 Å². The van der Waals surface area contributed by atoms with Crippen molar-refractivity contribution in [3.05, 3.63) is 83.9 Å². The SMILES string of the molecule is Cc1nc(-c2ccn(C[C@@H](C)c3ccccc3)n2)sc1OC(=O)NCc1cccnc1. The molecule has 0 aliphatic heterocycles. The lowest BCUT2D eigenvalue weighted by Gasteiger charge is -2.11.